The number of aromatic nitrogens is 2. The largest absolute Gasteiger partial charge is 0.461 e. The Morgan fingerprint density at radius 3 is 2.40 bits per heavy atom. The molecule has 1 fully saturated rings. The van der Waals surface area contributed by atoms with Crippen molar-refractivity contribution in [3.8, 4) is 11.6 Å². The van der Waals surface area contributed by atoms with Crippen molar-refractivity contribution in [3.05, 3.63) is 78.3 Å². The summed E-state index contributed by atoms with van der Waals surface area (Å²) in [5.41, 5.74) is 1.34. The van der Waals surface area contributed by atoms with Crippen LogP contribution in [0.2, 0.25) is 0 Å². The molecule has 150 valence electrons. The number of benzene rings is 2. The van der Waals surface area contributed by atoms with Crippen molar-refractivity contribution >= 4 is 22.6 Å². The Bertz CT molecular complexity index is 1180. The first-order valence-corrected chi connectivity index (χ1v) is 9.79. The maximum atomic E-state index is 13.1. The number of hydrogen-bond acceptors (Lipinski definition) is 5. The van der Waals surface area contributed by atoms with E-state index in [-0.39, 0.29) is 11.7 Å². The molecule has 2 aromatic carbocycles. The first kappa shape index (κ1) is 18.3. The van der Waals surface area contributed by atoms with Gasteiger partial charge in [-0.15, -0.1) is 0 Å². The number of amides is 1. The summed E-state index contributed by atoms with van der Waals surface area (Å²) in [5.74, 6) is 1.56. The van der Waals surface area contributed by atoms with Gasteiger partial charge in [0.15, 0.2) is 11.6 Å². The van der Waals surface area contributed by atoms with Crippen molar-refractivity contribution < 1.29 is 13.6 Å². The molecule has 0 unspecified atom stereocenters. The molecule has 0 saturated carbocycles. The highest BCUT2D eigenvalue weighted by Gasteiger charge is 2.25. The first-order valence-electron chi connectivity index (χ1n) is 9.79. The van der Waals surface area contributed by atoms with Crippen LogP contribution in [0.25, 0.3) is 22.5 Å². The predicted octanol–water partition coefficient (Wildman–Crippen LogP) is 3.99. The van der Waals surface area contributed by atoms with Gasteiger partial charge in [0, 0.05) is 37.1 Å². The van der Waals surface area contributed by atoms with E-state index >= 15 is 0 Å². The van der Waals surface area contributed by atoms with Gasteiger partial charge in [-0.3, -0.25) is 4.79 Å². The van der Waals surface area contributed by atoms with E-state index in [1.807, 2.05) is 36.4 Å². The summed E-state index contributed by atoms with van der Waals surface area (Å²) in [5, 5.41) is 0.964. The molecule has 3 heterocycles. The second-order valence-electron chi connectivity index (χ2n) is 7.15. The van der Waals surface area contributed by atoms with Crippen LogP contribution in [-0.4, -0.2) is 47.0 Å². The lowest BCUT2D eigenvalue weighted by Crippen LogP contribution is -2.49. The molecule has 0 radical (unpaired) electrons. The Hall–Kier alpha value is -3.74. The van der Waals surface area contributed by atoms with Gasteiger partial charge in [-0.2, -0.15) is 0 Å². The van der Waals surface area contributed by atoms with Gasteiger partial charge in [0.05, 0.1) is 11.8 Å². The van der Waals surface area contributed by atoms with E-state index < -0.39 is 0 Å². The van der Waals surface area contributed by atoms with Crippen LogP contribution in [0.3, 0.4) is 0 Å². The number of hydrogen-bond donors (Lipinski definition) is 0. The molecule has 1 saturated heterocycles. The maximum absolute atomic E-state index is 13.1. The fourth-order valence-corrected chi connectivity index (χ4v) is 3.71. The Morgan fingerprint density at radius 2 is 1.67 bits per heavy atom. The lowest BCUT2D eigenvalue weighted by Gasteiger charge is -2.36. The highest BCUT2D eigenvalue weighted by molar-refractivity contribution is 5.94. The molecule has 7 heteroatoms. The highest BCUT2D eigenvalue weighted by atomic mass is 19.1. The van der Waals surface area contributed by atoms with E-state index in [2.05, 4.69) is 9.88 Å². The summed E-state index contributed by atoms with van der Waals surface area (Å²) in [7, 11) is 0. The van der Waals surface area contributed by atoms with E-state index in [9.17, 15) is 9.18 Å². The van der Waals surface area contributed by atoms with E-state index in [4.69, 9.17) is 9.40 Å². The standard InChI is InChI=1S/C23H19FN4O2/c24-17-9-7-16(8-10-17)23(29)28-13-11-27(12-14-28)22-18-4-1-2-5-19(18)25-21(26-22)20-6-3-15-30-20/h1-10,15H,11-14H2. The van der Waals surface area contributed by atoms with E-state index in [1.165, 1.54) is 24.3 Å². The Labute approximate surface area is 172 Å². The van der Waals surface area contributed by atoms with E-state index in [0.29, 0.717) is 43.3 Å². The molecule has 5 rings (SSSR count). The molecule has 0 N–H and O–H groups in total. The van der Waals surface area contributed by atoms with Crippen molar-refractivity contribution in [2.24, 2.45) is 0 Å². The molecule has 4 aromatic rings. The molecule has 0 spiro atoms. The summed E-state index contributed by atoms with van der Waals surface area (Å²) in [4.78, 5) is 26.1. The zero-order chi connectivity index (χ0) is 20.5. The number of piperazine rings is 1. The maximum Gasteiger partial charge on any atom is 0.253 e. The zero-order valence-corrected chi connectivity index (χ0v) is 16.2. The average Bonchev–Trinajstić information content (AvgIpc) is 3.34. The van der Waals surface area contributed by atoms with Crippen molar-refractivity contribution in [3.63, 3.8) is 0 Å². The smallest absolute Gasteiger partial charge is 0.253 e. The van der Waals surface area contributed by atoms with Crippen LogP contribution in [0.5, 0.6) is 0 Å². The first-order chi connectivity index (χ1) is 14.7. The third-order valence-corrected chi connectivity index (χ3v) is 5.28. The minimum absolute atomic E-state index is 0.0847. The number of furan rings is 1. The molecule has 0 aliphatic carbocycles. The summed E-state index contributed by atoms with van der Waals surface area (Å²) < 4.78 is 18.6. The van der Waals surface area contributed by atoms with Crippen LogP contribution in [0, 0.1) is 5.82 Å². The van der Waals surface area contributed by atoms with Crippen LogP contribution in [-0.2, 0) is 0 Å². The number of nitrogens with zero attached hydrogens (tertiary/aromatic N) is 4. The highest BCUT2D eigenvalue weighted by Crippen LogP contribution is 2.28. The Morgan fingerprint density at radius 1 is 0.900 bits per heavy atom. The monoisotopic (exact) mass is 402 g/mol. The molecule has 30 heavy (non-hydrogen) atoms. The summed E-state index contributed by atoms with van der Waals surface area (Å²) >= 11 is 0. The molecule has 1 aliphatic heterocycles. The lowest BCUT2D eigenvalue weighted by molar-refractivity contribution is 0.0746. The minimum Gasteiger partial charge on any atom is -0.461 e. The number of para-hydroxylation sites is 1. The third-order valence-electron chi connectivity index (χ3n) is 5.28. The topological polar surface area (TPSA) is 62.5 Å². The fourth-order valence-electron chi connectivity index (χ4n) is 3.71. The lowest BCUT2D eigenvalue weighted by atomic mass is 10.1. The number of halogens is 1. The molecule has 0 atom stereocenters. The molecular weight excluding hydrogens is 383 g/mol. The van der Waals surface area contributed by atoms with Gasteiger partial charge in [-0.1, -0.05) is 12.1 Å². The average molecular weight is 402 g/mol. The summed E-state index contributed by atoms with van der Waals surface area (Å²) in [6.07, 6.45) is 1.60. The van der Waals surface area contributed by atoms with Crippen LogP contribution < -0.4 is 4.90 Å². The molecule has 2 aromatic heterocycles. The number of rotatable bonds is 3. The van der Waals surface area contributed by atoms with Crippen LogP contribution in [0.4, 0.5) is 10.2 Å². The van der Waals surface area contributed by atoms with Gasteiger partial charge in [0.25, 0.3) is 5.91 Å². The number of anilines is 1. The van der Waals surface area contributed by atoms with Gasteiger partial charge >= 0.3 is 0 Å². The molecular formula is C23H19FN4O2. The SMILES string of the molecule is O=C(c1ccc(F)cc1)N1CCN(c2nc(-c3ccco3)nc3ccccc23)CC1. The van der Waals surface area contributed by atoms with E-state index in [1.54, 1.807) is 11.2 Å². The van der Waals surface area contributed by atoms with Crippen molar-refractivity contribution in [2.75, 3.05) is 31.1 Å². The van der Waals surface area contributed by atoms with Gasteiger partial charge in [-0.25, -0.2) is 14.4 Å². The Kier molecular flexibility index (Phi) is 4.63. The third kappa shape index (κ3) is 3.39. The van der Waals surface area contributed by atoms with Gasteiger partial charge < -0.3 is 14.2 Å². The van der Waals surface area contributed by atoms with Gasteiger partial charge in [0.1, 0.15) is 11.6 Å². The van der Waals surface area contributed by atoms with Gasteiger partial charge in [-0.05, 0) is 48.5 Å². The molecule has 1 amide bonds. The number of carbonyl (C=O) groups excluding carboxylic acids is 1. The van der Waals surface area contributed by atoms with Crippen LogP contribution >= 0.6 is 0 Å². The normalized spacial score (nSPS) is 14.3. The zero-order valence-electron chi connectivity index (χ0n) is 16.2. The van der Waals surface area contributed by atoms with Gasteiger partial charge in [0.2, 0.25) is 0 Å². The second-order valence-corrected chi connectivity index (χ2v) is 7.15. The predicted molar refractivity (Wildman–Crippen MR) is 112 cm³/mol. The van der Waals surface area contributed by atoms with E-state index in [0.717, 1.165) is 16.7 Å². The number of carbonyl (C=O) groups is 1. The second kappa shape index (κ2) is 7.59. The minimum atomic E-state index is -0.348. The summed E-state index contributed by atoms with van der Waals surface area (Å²) in [6.45, 7) is 2.41. The summed E-state index contributed by atoms with van der Waals surface area (Å²) in [6, 6.07) is 17.2. The van der Waals surface area contributed by atoms with Crippen molar-refractivity contribution in [1.29, 1.82) is 0 Å². The number of fused-ring (bicyclic) bond motifs is 1. The quantitative estimate of drug-likeness (QED) is 0.519. The fraction of sp³-hybridized carbons (Fsp3) is 0.174. The van der Waals surface area contributed by atoms with Crippen LogP contribution in [0.1, 0.15) is 10.4 Å². The molecule has 6 nitrogen and oxygen atoms in total. The van der Waals surface area contributed by atoms with Crippen molar-refractivity contribution in [1.82, 2.24) is 14.9 Å². The Balaban J connectivity index is 1.40. The van der Waals surface area contributed by atoms with Crippen molar-refractivity contribution in [2.45, 2.75) is 0 Å². The molecule has 0 bridgehead atoms. The molecule has 1 aliphatic rings. The van der Waals surface area contributed by atoms with Crippen LogP contribution in [0.15, 0.2) is 71.3 Å².